The number of carbonyl (C=O) groups excluding carboxylic acids is 1. The van der Waals surface area contributed by atoms with Crippen molar-refractivity contribution in [2.75, 3.05) is 26.5 Å². The monoisotopic (exact) mass is 399 g/mol. The maximum atomic E-state index is 12.6. The fourth-order valence-corrected chi connectivity index (χ4v) is 5.02. The number of nitrogens with zero attached hydrogens (tertiary/aromatic N) is 1. The van der Waals surface area contributed by atoms with Gasteiger partial charge in [-0.1, -0.05) is 12.8 Å². The van der Waals surface area contributed by atoms with E-state index in [-0.39, 0.29) is 6.54 Å². The smallest absolute Gasteiger partial charge is 0.323 e. The highest BCUT2D eigenvalue weighted by Gasteiger charge is 2.32. The second kappa shape index (κ2) is 9.07. The first-order chi connectivity index (χ1) is 12.7. The SMILES string of the molecule is COc1cc(CN(CC(=O)O)C(=O)CS(=O)(=O)C2CCCC2)cc(OC)c1. The van der Waals surface area contributed by atoms with E-state index in [1.54, 1.807) is 18.2 Å². The van der Waals surface area contributed by atoms with Crippen molar-refractivity contribution in [1.29, 1.82) is 0 Å². The van der Waals surface area contributed by atoms with Crippen molar-refractivity contribution in [3.05, 3.63) is 23.8 Å². The van der Waals surface area contributed by atoms with Crippen LogP contribution in [0.2, 0.25) is 0 Å². The van der Waals surface area contributed by atoms with E-state index in [0.29, 0.717) is 29.9 Å². The number of benzene rings is 1. The molecule has 1 fully saturated rings. The molecule has 0 heterocycles. The summed E-state index contributed by atoms with van der Waals surface area (Å²) >= 11 is 0. The van der Waals surface area contributed by atoms with Gasteiger partial charge in [0.2, 0.25) is 5.91 Å². The van der Waals surface area contributed by atoms with Crippen molar-refractivity contribution < 1.29 is 32.6 Å². The molecule has 1 N–H and O–H groups in total. The van der Waals surface area contributed by atoms with E-state index in [1.807, 2.05) is 0 Å². The van der Waals surface area contributed by atoms with Crippen LogP contribution in [0.15, 0.2) is 18.2 Å². The van der Waals surface area contributed by atoms with Gasteiger partial charge in [-0.15, -0.1) is 0 Å². The summed E-state index contributed by atoms with van der Waals surface area (Å²) in [4.78, 5) is 24.8. The molecular weight excluding hydrogens is 374 g/mol. The van der Waals surface area contributed by atoms with Crippen LogP contribution in [0.4, 0.5) is 0 Å². The maximum absolute atomic E-state index is 12.6. The first-order valence-corrected chi connectivity index (χ1v) is 10.4. The van der Waals surface area contributed by atoms with E-state index in [2.05, 4.69) is 0 Å². The molecule has 0 atom stereocenters. The number of methoxy groups -OCH3 is 2. The van der Waals surface area contributed by atoms with Crippen LogP contribution in [0.3, 0.4) is 0 Å². The fraction of sp³-hybridized carbons (Fsp3) is 0.556. The third-order valence-electron chi connectivity index (χ3n) is 4.60. The van der Waals surface area contributed by atoms with Gasteiger partial charge in [-0.05, 0) is 30.5 Å². The third kappa shape index (κ3) is 5.85. The highest BCUT2D eigenvalue weighted by atomic mass is 32.2. The third-order valence-corrected chi connectivity index (χ3v) is 6.73. The van der Waals surface area contributed by atoms with E-state index in [0.717, 1.165) is 17.7 Å². The second-order valence-corrected chi connectivity index (χ2v) is 8.86. The van der Waals surface area contributed by atoms with Crippen molar-refractivity contribution in [1.82, 2.24) is 4.90 Å². The van der Waals surface area contributed by atoms with E-state index in [1.165, 1.54) is 14.2 Å². The molecule has 1 aromatic rings. The molecule has 1 aliphatic rings. The molecule has 0 saturated heterocycles. The quantitative estimate of drug-likeness (QED) is 0.669. The Bertz CT molecular complexity index is 763. The van der Waals surface area contributed by atoms with E-state index < -0.39 is 39.3 Å². The van der Waals surface area contributed by atoms with Gasteiger partial charge in [0.05, 0.1) is 19.5 Å². The van der Waals surface area contributed by atoms with Crippen LogP contribution in [0, 0.1) is 0 Å². The lowest BCUT2D eigenvalue weighted by molar-refractivity contribution is -0.143. The molecule has 0 spiro atoms. The lowest BCUT2D eigenvalue weighted by Crippen LogP contribution is -2.40. The van der Waals surface area contributed by atoms with Gasteiger partial charge >= 0.3 is 5.97 Å². The van der Waals surface area contributed by atoms with Gasteiger partial charge in [0.1, 0.15) is 23.8 Å². The number of aliphatic carboxylic acids is 1. The summed E-state index contributed by atoms with van der Waals surface area (Å²) in [7, 11) is -0.633. The molecule has 27 heavy (non-hydrogen) atoms. The Labute approximate surface area is 159 Å². The van der Waals surface area contributed by atoms with Crippen LogP contribution in [-0.4, -0.2) is 62.1 Å². The number of carbonyl (C=O) groups is 2. The molecule has 1 amide bonds. The summed E-state index contributed by atoms with van der Waals surface area (Å²) in [6.45, 7) is -0.641. The van der Waals surface area contributed by atoms with E-state index in [9.17, 15) is 18.0 Å². The molecule has 0 aliphatic heterocycles. The Morgan fingerprint density at radius 1 is 1.11 bits per heavy atom. The fourth-order valence-electron chi connectivity index (χ4n) is 3.20. The Balaban J connectivity index is 2.19. The largest absolute Gasteiger partial charge is 0.497 e. The Hall–Kier alpha value is -2.29. The van der Waals surface area contributed by atoms with Crippen molar-refractivity contribution in [2.24, 2.45) is 0 Å². The van der Waals surface area contributed by atoms with E-state index in [4.69, 9.17) is 14.6 Å². The van der Waals surface area contributed by atoms with Crippen LogP contribution < -0.4 is 9.47 Å². The molecule has 9 heteroatoms. The first kappa shape index (κ1) is 21.0. The van der Waals surface area contributed by atoms with Crippen LogP contribution in [0.25, 0.3) is 0 Å². The van der Waals surface area contributed by atoms with Gasteiger partial charge in [0.15, 0.2) is 9.84 Å². The average molecular weight is 399 g/mol. The van der Waals surface area contributed by atoms with Crippen molar-refractivity contribution in [2.45, 2.75) is 37.5 Å². The number of ether oxygens (including phenoxy) is 2. The number of carboxylic acids is 1. The highest BCUT2D eigenvalue weighted by Crippen LogP contribution is 2.26. The van der Waals surface area contributed by atoms with Gasteiger partial charge in [-0.25, -0.2) is 8.42 Å². The minimum absolute atomic E-state index is 0.0567. The number of rotatable bonds is 9. The summed E-state index contributed by atoms with van der Waals surface area (Å²) < 4.78 is 35.2. The molecule has 0 unspecified atom stereocenters. The maximum Gasteiger partial charge on any atom is 0.323 e. The zero-order valence-corrected chi connectivity index (χ0v) is 16.3. The van der Waals surface area contributed by atoms with Gasteiger partial charge < -0.3 is 19.5 Å². The minimum atomic E-state index is -3.59. The van der Waals surface area contributed by atoms with Gasteiger partial charge in [0, 0.05) is 12.6 Å². The highest BCUT2D eigenvalue weighted by molar-refractivity contribution is 7.92. The number of amides is 1. The van der Waals surface area contributed by atoms with Gasteiger partial charge in [0.25, 0.3) is 0 Å². The minimum Gasteiger partial charge on any atom is -0.497 e. The van der Waals surface area contributed by atoms with Crippen LogP contribution in [0.1, 0.15) is 31.2 Å². The number of sulfone groups is 1. The average Bonchev–Trinajstić information content (AvgIpc) is 3.15. The summed E-state index contributed by atoms with van der Waals surface area (Å²) in [6, 6.07) is 4.95. The Morgan fingerprint density at radius 2 is 1.67 bits per heavy atom. The number of hydrogen-bond acceptors (Lipinski definition) is 6. The number of hydrogen-bond donors (Lipinski definition) is 1. The molecule has 0 aromatic heterocycles. The molecule has 2 rings (SSSR count). The predicted molar refractivity (Wildman–Crippen MR) is 98.6 cm³/mol. The first-order valence-electron chi connectivity index (χ1n) is 8.68. The summed E-state index contributed by atoms with van der Waals surface area (Å²) in [5, 5.41) is 8.62. The Kier molecular flexibility index (Phi) is 7.06. The Morgan fingerprint density at radius 3 is 2.15 bits per heavy atom. The molecule has 1 aromatic carbocycles. The molecule has 0 bridgehead atoms. The zero-order chi connectivity index (χ0) is 20.0. The number of carboxylic acid groups (broad SMARTS) is 1. The van der Waals surface area contributed by atoms with Crippen molar-refractivity contribution in [3.63, 3.8) is 0 Å². The van der Waals surface area contributed by atoms with Gasteiger partial charge in [-0.2, -0.15) is 0 Å². The zero-order valence-electron chi connectivity index (χ0n) is 15.5. The van der Waals surface area contributed by atoms with Crippen LogP contribution >= 0.6 is 0 Å². The lowest BCUT2D eigenvalue weighted by atomic mass is 10.2. The van der Waals surface area contributed by atoms with Crippen LogP contribution in [-0.2, 0) is 26.0 Å². The summed E-state index contributed by atoms with van der Waals surface area (Å²) in [5.41, 5.74) is 0.582. The second-order valence-electron chi connectivity index (χ2n) is 6.58. The molecule has 150 valence electrons. The summed E-state index contributed by atoms with van der Waals surface area (Å²) in [5.74, 6) is -1.62. The van der Waals surface area contributed by atoms with E-state index >= 15 is 0 Å². The predicted octanol–water partition coefficient (Wildman–Crippen LogP) is 1.47. The molecule has 1 aliphatic carbocycles. The lowest BCUT2D eigenvalue weighted by Gasteiger charge is -2.22. The standard InChI is InChI=1S/C18H25NO7S/c1-25-14-7-13(8-15(9-14)26-2)10-19(11-18(21)22)17(20)12-27(23,24)16-5-3-4-6-16/h7-9,16H,3-6,10-12H2,1-2H3,(H,21,22). The molecular formula is C18H25NO7S. The van der Waals surface area contributed by atoms with Crippen molar-refractivity contribution >= 4 is 21.7 Å². The van der Waals surface area contributed by atoms with Crippen molar-refractivity contribution in [3.8, 4) is 11.5 Å². The van der Waals surface area contributed by atoms with Crippen LogP contribution in [0.5, 0.6) is 11.5 Å². The topological polar surface area (TPSA) is 110 Å². The van der Waals surface area contributed by atoms with Gasteiger partial charge in [-0.3, -0.25) is 9.59 Å². The molecule has 1 saturated carbocycles. The molecule has 0 radical (unpaired) electrons. The summed E-state index contributed by atoms with van der Waals surface area (Å²) in [6.07, 6.45) is 2.78. The molecule has 8 nitrogen and oxygen atoms in total. The normalized spacial score (nSPS) is 14.7.